The van der Waals surface area contributed by atoms with Crippen LogP contribution in [0, 0.1) is 0 Å². The highest BCUT2D eigenvalue weighted by molar-refractivity contribution is 6.32. The Hall–Kier alpha value is -2.31. The quantitative estimate of drug-likeness (QED) is 0.594. The molecule has 0 saturated carbocycles. The minimum atomic E-state index is -0.318. The van der Waals surface area contributed by atoms with Crippen molar-refractivity contribution in [2.75, 3.05) is 17.9 Å². The average Bonchev–Trinajstić information content (AvgIpc) is 2.47. The molecule has 4 N–H and O–H groups in total. The molecule has 0 atom stereocenters. The van der Waals surface area contributed by atoms with E-state index in [2.05, 4.69) is 15.7 Å². The van der Waals surface area contributed by atoms with E-state index < -0.39 is 0 Å². The molecule has 0 saturated heterocycles. The van der Waals surface area contributed by atoms with Crippen molar-refractivity contribution in [2.24, 2.45) is 5.84 Å². The Bertz CT molecular complexity index is 634. The zero-order chi connectivity index (χ0) is 14.5. The van der Waals surface area contributed by atoms with E-state index in [4.69, 9.17) is 22.2 Å². The number of nitrogens with zero attached hydrogens (tertiary/aromatic N) is 1. The number of nitrogens with one attached hydrogen (secondary N) is 2. The number of anilines is 2. The average molecular weight is 293 g/mol. The Balaban J connectivity index is 2.21. The van der Waals surface area contributed by atoms with E-state index in [0.717, 1.165) is 0 Å². The number of nitrogens with two attached hydrogens (primary N) is 1. The van der Waals surface area contributed by atoms with Crippen molar-refractivity contribution in [3.8, 4) is 5.75 Å². The van der Waals surface area contributed by atoms with E-state index in [0.29, 0.717) is 27.7 Å². The number of hydrazine groups is 1. The number of carbonyl (C=O) groups is 1. The summed E-state index contributed by atoms with van der Waals surface area (Å²) in [5.74, 6) is 5.56. The smallest absolute Gasteiger partial charge is 0.257 e. The fourth-order valence-corrected chi connectivity index (χ4v) is 1.91. The van der Waals surface area contributed by atoms with Crippen molar-refractivity contribution in [3.05, 3.63) is 47.2 Å². The molecule has 0 unspecified atom stereocenters. The van der Waals surface area contributed by atoms with E-state index >= 15 is 0 Å². The van der Waals surface area contributed by atoms with Gasteiger partial charge in [0.25, 0.3) is 5.91 Å². The Morgan fingerprint density at radius 2 is 2.20 bits per heavy atom. The number of pyridine rings is 1. The van der Waals surface area contributed by atoms with Crippen molar-refractivity contribution in [2.45, 2.75) is 0 Å². The summed E-state index contributed by atoms with van der Waals surface area (Å²) in [6.45, 7) is 0. The molecular weight excluding hydrogens is 280 g/mol. The highest BCUT2D eigenvalue weighted by atomic mass is 35.5. The van der Waals surface area contributed by atoms with Gasteiger partial charge in [-0.1, -0.05) is 11.6 Å². The summed E-state index contributed by atoms with van der Waals surface area (Å²) in [6.07, 6.45) is 2.98. The molecule has 0 aliphatic carbocycles. The summed E-state index contributed by atoms with van der Waals surface area (Å²) in [5, 5.41) is 3.14. The molecule has 0 fully saturated rings. The van der Waals surface area contributed by atoms with Crippen molar-refractivity contribution in [3.63, 3.8) is 0 Å². The zero-order valence-electron chi connectivity index (χ0n) is 10.7. The molecule has 0 aliphatic heterocycles. The van der Waals surface area contributed by atoms with Crippen molar-refractivity contribution >= 4 is 28.9 Å². The van der Waals surface area contributed by atoms with Crippen molar-refractivity contribution < 1.29 is 9.53 Å². The second-order valence-corrected chi connectivity index (χ2v) is 4.28. The number of halogens is 1. The van der Waals surface area contributed by atoms with Gasteiger partial charge in [0, 0.05) is 11.9 Å². The standard InChI is InChI=1S/C13H13ClN4O2/c1-20-12-3-2-8(6-10(12)14)17-13(19)9-4-5-16-7-11(9)18-15/h2-7,18H,15H2,1H3,(H,17,19). The largest absolute Gasteiger partial charge is 0.495 e. The summed E-state index contributed by atoms with van der Waals surface area (Å²) < 4.78 is 5.05. The maximum atomic E-state index is 12.2. The summed E-state index contributed by atoms with van der Waals surface area (Å²) in [6, 6.07) is 6.54. The van der Waals surface area contributed by atoms with Gasteiger partial charge in [-0.15, -0.1) is 0 Å². The molecule has 1 aromatic heterocycles. The maximum Gasteiger partial charge on any atom is 0.257 e. The number of carbonyl (C=O) groups excluding carboxylic acids is 1. The van der Waals surface area contributed by atoms with Crippen molar-refractivity contribution in [1.29, 1.82) is 0 Å². The number of hydrogen-bond acceptors (Lipinski definition) is 5. The first-order valence-electron chi connectivity index (χ1n) is 5.71. The molecule has 0 bridgehead atoms. The minimum Gasteiger partial charge on any atom is -0.495 e. The number of aromatic nitrogens is 1. The lowest BCUT2D eigenvalue weighted by Crippen LogP contribution is -2.17. The van der Waals surface area contributed by atoms with Gasteiger partial charge in [0.15, 0.2) is 0 Å². The van der Waals surface area contributed by atoms with Crippen LogP contribution >= 0.6 is 11.6 Å². The summed E-state index contributed by atoms with van der Waals surface area (Å²) in [4.78, 5) is 16.0. The fourth-order valence-electron chi connectivity index (χ4n) is 1.65. The van der Waals surface area contributed by atoms with Gasteiger partial charge in [-0.05, 0) is 24.3 Å². The second kappa shape index (κ2) is 6.23. The number of nitrogen functional groups attached to an aromatic ring is 1. The topological polar surface area (TPSA) is 89.3 Å². The van der Waals surface area contributed by atoms with E-state index in [1.165, 1.54) is 19.5 Å². The number of benzene rings is 1. The molecule has 6 nitrogen and oxygen atoms in total. The van der Waals surface area contributed by atoms with Crippen LogP contribution in [0.1, 0.15) is 10.4 Å². The molecule has 7 heteroatoms. The Morgan fingerprint density at radius 3 is 2.85 bits per heavy atom. The lowest BCUT2D eigenvalue weighted by atomic mass is 10.2. The second-order valence-electron chi connectivity index (χ2n) is 3.87. The van der Waals surface area contributed by atoms with Crippen LogP contribution in [0.15, 0.2) is 36.7 Å². The number of amides is 1. The lowest BCUT2D eigenvalue weighted by Gasteiger charge is -2.10. The van der Waals surface area contributed by atoms with E-state index in [9.17, 15) is 4.79 Å². The van der Waals surface area contributed by atoms with Gasteiger partial charge in [0.1, 0.15) is 5.75 Å². The van der Waals surface area contributed by atoms with Crippen LogP contribution in [0.25, 0.3) is 0 Å². The molecule has 1 aromatic carbocycles. The van der Waals surface area contributed by atoms with E-state index in [-0.39, 0.29) is 5.91 Å². The molecule has 0 radical (unpaired) electrons. The predicted molar refractivity (Wildman–Crippen MR) is 78.0 cm³/mol. The fraction of sp³-hybridized carbons (Fsp3) is 0.0769. The highest BCUT2D eigenvalue weighted by Crippen LogP contribution is 2.27. The SMILES string of the molecule is COc1ccc(NC(=O)c2ccncc2NN)cc1Cl. The number of methoxy groups -OCH3 is 1. The van der Waals surface area contributed by atoms with E-state index in [1.807, 2.05) is 0 Å². The van der Waals surface area contributed by atoms with Crippen LogP contribution in [0.4, 0.5) is 11.4 Å². The molecule has 1 heterocycles. The Morgan fingerprint density at radius 1 is 1.40 bits per heavy atom. The molecule has 0 spiro atoms. The third-order valence-corrected chi connectivity index (χ3v) is 2.93. The normalized spacial score (nSPS) is 9.95. The first-order chi connectivity index (χ1) is 9.65. The predicted octanol–water partition coefficient (Wildman–Crippen LogP) is 2.28. The Kier molecular flexibility index (Phi) is 4.39. The van der Waals surface area contributed by atoms with Gasteiger partial charge in [0.2, 0.25) is 0 Å². The molecule has 0 aliphatic rings. The molecule has 2 aromatic rings. The Labute approximate surface area is 120 Å². The molecule has 104 valence electrons. The van der Waals surface area contributed by atoms with Gasteiger partial charge < -0.3 is 15.5 Å². The third kappa shape index (κ3) is 2.98. The van der Waals surface area contributed by atoms with Crippen LogP contribution in [-0.4, -0.2) is 18.0 Å². The maximum absolute atomic E-state index is 12.2. The molecule has 20 heavy (non-hydrogen) atoms. The monoisotopic (exact) mass is 292 g/mol. The number of rotatable bonds is 4. The molecule has 1 amide bonds. The van der Waals surface area contributed by atoms with Gasteiger partial charge in [-0.25, -0.2) is 0 Å². The minimum absolute atomic E-state index is 0.318. The van der Waals surface area contributed by atoms with Crippen LogP contribution in [0.3, 0.4) is 0 Å². The van der Waals surface area contributed by atoms with Crippen molar-refractivity contribution in [1.82, 2.24) is 4.98 Å². The van der Waals surface area contributed by atoms with E-state index in [1.54, 1.807) is 24.3 Å². The van der Waals surface area contributed by atoms with Crippen LogP contribution < -0.4 is 21.3 Å². The summed E-state index contributed by atoms with van der Waals surface area (Å²) in [5.41, 5.74) is 3.80. The zero-order valence-corrected chi connectivity index (χ0v) is 11.4. The van der Waals surface area contributed by atoms with Crippen LogP contribution in [-0.2, 0) is 0 Å². The molecular formula is C13H13ClN4O2. The summed E-state index contributed by atoms with van der Waals surface area (Å²) in [7, 11) is 1.52. The third-order valence-electron chi connectivity index (χ3n) is 2.63. The van der Waals surface area contributed by atoms with Crippen LogP contribution in [0.5, 0.6) is 5.75 Å². The molecule has 2 rings (SSSR count). The number of hydrogen-bond donors (Lipinski definition) is 3. The van der Waals surface area contributed by atoms with Gasteiger partial charge in [-0.2, -0.15) is 0 Å². The van der Waals surface area contributed by atoms with Gasteiger partial charge in [-0.3, -0.25) is 15.6 Å². The number of ether oxygens (including phenoxy) is 1. The van der Waals surface area contributed by atoms with Gasteiger partial charge >= 0.3 is 0 Å². The lowest BCUT2D eigenvalue weighted by molar-refractivity contribution is 0.102. The van der Waals surface area contributed by atoms with Gasteiger partial charge in [0.05, 0.1) is 29.6 Å². The highest BCUT2D eigenvalue weighted by Gasteiger charge is 2.11. The summed E-state index contributed by atoms with van der Waals surface area (Å²) >= 11 is 6.00. The first-order valence-corrected chi connectivity index (χ1v) is 6.09. The first kappa shape index (κ1) is 14.1. The van der Waals surface area contributed by atoms with Crippen LogP contribution in [0.2, 0.25) is 5.02 Å².